The summed E-state index contributed by atoms with van der Waals surface area (Å²) in [5, 5.41) is 7.94. The van der Waals surface area contributed by atoms with E-state index in [1.807, 2.05) is 0 Å². The highest BCUT2D eigenvalue weighted by Gasteiger charge is 2.07. The Kier molecular flexibility index (Phi) is 2.61. The molecule has 0 aliphatic carbocycles. The summed E-state index contributed by atoms with van der Waals surface area (Å²) in [5.74, 6) is 0. The lowest BCUT2D eigenvalue weighted by Gasteiger charge is -2.10. The van der Waals surface area contributed by atoms with Crippen LogP contribution in [0.1, 0.15) is 0 Å². The topological polar surface area (TPSA) is 3.24 Å². The van der Waals surface area contributed by atoms with Crippen LogP contribution in [-0.4, -0.2) is 14.1 Å². The maximum absolute atomic E-state index is 2.31. The maximum atomic E-state index is 2.31. The van der Waals surface area contributed by atoms with Crippen LogP contribution in [0.3, 0.4) is 0 Å². The van der Waals surface area contributed by atoms with Crippen LogP contribution in [0.2, 0.25) is 0 Å². The summed E-state index contributed by atoms with van der Waals surface area (Å²) in [6.07, 6.45) is 0. The zero-order valence-electron chi connectivity index (χ0n) is 12.3. The molecule has 102 valence electrons. The number of benzene rings is 2. The number of nitrogens with zero attached hydrogens (tertiary/aromatic N) is 1. The molecule has 0 unspecified atom stereocenters. The molecule has 21 heavy (non-hydrogen) atoms. The van der Waals surface area contributed by atoms with E-state index in [2.05, 4.69) is 85.7 Å². The molecule has 0 aliphatic heterocycles. The molecule has 0 saturated heterocycles. The van der Waals surface area contributed by atoms with Crippen molar-refractivity contribution < 1.29 is 0 Å². The van der Waals surface area contributed by atoms with Crippen molar-refractivity contribution in [2.45, 2.75) is 0 Å². The third-order valence-electron chi connectivity index (χ3n) is 4.22. The minimum atomic E-state index is 1.22. The summed E-state index contributed by atoms with van der Waals surface area (Å²) in [6.45, 7) is 0. The molecule has 0 aliphatic rings. The molecule has 0 saturated carbocycles. The number of hydrogen-bond donors (Lipinski definition) is 0. The first kappa shape index (κ1) is 12.2. The number of anilines is 1. The highest BCUT2D eigenvalue weighted by molar-refractivity contribution is 6.20. The predicted octanol–water partition coefficient (Wildman–Crippen LogP) is 5.21. The fraction of sp³-hybridized carbons (Fsp3) is 0.100. The Balaban J connectivity index is 2.22. The maximum Gasteiger partial charge on any atom is 0.0367 e. The highest BCUT2D eigenvalue weighted by atomic mass is 15.1. The number of fused-ring (bicyclic) bond motifs is 5. The molecule has 1 nitrogen and oxygen atoms in total. The summed E-state index contributed by atoms with van der Waals surface area (Å²) < 4.78 is 0. The van der Waals surface area contributed by atoms with E-state index in [4.69, 9.17) is 0 Å². The molecule has 4 rings (SSSR count). The molecule has 0 atom stereocenters. The second-order valence-electron chi connectivity index (χ2n) is 5.75. The Morgan fingerprint density at radius 3 is 2.24 bits per heavy atom. The fourth-order valence-corrected chi connectivity index (χ4v) is 3.10. The van der Waals surface area contributed by atoms with Gasteiger partial charge in [0.05, 0.1) is 0 Å². The SMILES string of the molecule is CN(C)c1cccc2ccc3c4ccccc4cc3c2c1. The van der Waals surface area contributed by atoms with Gasteiger partial charge in [-0.25, -0.2) is 0 Å². The summed E-state index contributed by atoms with van der Waals surface area (Å²) in [5.41, 5.74) is 1.22. The molecular formula is C20H17N. The lowest BCUT2D eigenvalue weighted by molar-refractivity contribution is 1.14. The van der Waals surface area contributed by atoms with Gasteiger partial charge in [0.15, 0.2) is 0 Å². The van der Waals surface area contributed by atoms with Crippen molar-refractivity contribution in [1.82, 2.24) is 0 Å². The average molecular weight is 271 g/mol. The van der Waals surface area contributed by atoms with Crippen LogP contribution in [0, 0.1) is 0 Å². The van der Waals surface area contributed by atoms with Gasteiger partial charge in [-0.05, 0) is 50.5 Å². The molecule has 1 heteroatoms. The van der Waals surface area contributed by atoms with Crippen molar-refractivity contribution in [3.05, 3.63) is 66.7 Å². The molecule has 0 amide bonds. The van der Waals surface area contributed by atoms with Crippen molar-refractivity contribution >= 4 is 38.0 Å². The van der Waals surface area contributed by atoms with Crippen molar-refractivity contribution in [2.75, 3.05) is 19.0 Å². The molecular weight excluding hydrogens is 254 g/mol. The largest absolute Gasteiger partial charge is 0.378 e. The van der Waals surface area contributed by atoms with E-state index in [1.54, 1.807) is 0 Å². The van der Waals surface area contributed by atoms with Gasteiger partial charge in [-0.15, -0.1) is 0 Å². The Morgan fingerprint density at radius 1 is 0.571 bits per heavy atom. The normalized spacial score (nSPS) is 11.3. The molecule has 0 heterocycles. The van der Waals surface area contributed by atoms with E-state index < -0.39 is 0 Å². The molecule has 0 bridgehead atoms. The zero-order chi connectivity index (χ0) is 14.4. The molecule has 0 aromatic heterocycles. The van der Waals surface area contributed by atoms with Gasteiger partial charge >= 0.3 is 0 Å². The van der Waals surface area contributed by atoms with Gasteiger partial charge < -0.3 is 4.90 Å². The van der Waals surface area contributed by atoms with E-state index in [0.717, 1.165) is 0 Å². The van der Waals surface area contributed by atoms with Gasteiger partial charge in [0.2, 0.25) is 0 Å². The monoisotopic (exact) mass is 271 g/mol. The van der Waals surface area contributed by atoms with Crippen LogP contribution in [0.5, 0.6) is 0 Å². The van der Waals surface area contributed by atoms with Gasteiger partial charge in [-0.3, -0.25) is 0 Å². The van der Waals surface area contributed by atoms with Crippen molar-refractivity contribution in [3.63, 3.8) is 0 Å². The Morgan fingerprint density at radius 2 is 1.38 bits per heavy atom. The number of rotatable bonds is 1. The van der Waals surface area contributed by atoms with E-state index in [-0.39, 0.29) is 0 Å². The van der Waals surface area contributed by atoms with Crippen molar-refractivity contribution in [3.8, 4) is 0 Å². The molecule has 0 spiro atoms. The van der Waals surface area contributed by atoms with Crippen molar-refractivity contribution in [2.24, 2.45) is 0 Å². The minimum Gasteiger partial charge on any atom is -0.378 e. The van der Waals surface area contributed by atoms with Gasteiger partial charge in [-0.2, -0.15) is 0 Å². The lowest BCUT2D eigenvalue weighted by atomic mass is 10.1. The van der Waals surface area contributed by atoms with Crippen LogP contribution in [-0.2, 0) is 0 Å². The van der Waals surface area contributed by atoms with Crippen molar-refractivity contribution in [1.29, 1.82) is 0 Å². The summed E-state index contributed by atoms with van der Waals surface area (Å²) >= 11 is 0. The molecule has 4 aromatic rings. The second kappa shape index (κ2) is 4.49. The first-order valence-corrected chi connectivity index (χ1v) is 7.25. The first-order valence-electron chi connectivity index (χ1n) is 7.25. The van der Waals surface area contributed by atoms with Crippen LogP contribution >= 0.6 is 0 Å². The Bertz CT molecular complexity index is 967. The summed E-state index contributed by atoms with van der Waals surface area (Å²) in [6, 6.07) is 24.2. The van der Waals surface area contributed by atoms with E-state index in [1.165, 1.54) is 38.0 Å². The Labute approximate surface area is 124 Å². The van der Waals surface area contributed by atoms with Gasteiger partial charge in [0, 0.05) is 19.8 Å². The van der Waals surface area contributed by atoms with Gasteiger partial charge in [0.25, 0.3) is 0 Å². The molecule has 0 N–H and O–H groups in total. The van der Waals surface area contributed by atoms with E-state index in [9.17, 15) is 0 Å². The van der Waals surface area contributed by atoms with Gasteiger partial charge in [-0.1, -0.05) is 48.5 Å². The van der Waals surface area contributed by atoms with Crippen LogP contribution in [0.15, 0.2) is 66.7 Å². The van der Waals surface area contributed by atoms with E-state index in [0.29, 0.717) is 0 Å². The third kappa shape index (κ3) is 1.85. The lowest BCUT2D eigenvalue weighted by Crippen LogP contribution is -2.07. The molecule has 0 radical (unpaired) electrons. The highest BCUT2D eigenvalue weighted by Crippen LogP contribution is 2.34. The smallest absolute Gasteiger partial charge is 0.0367 e. The molecule has 4 aromatic carbocycles. The van der Waals surface area contributed by atoms with Crippen LogP contribution in [0.4, 0.5) is 5.69 Å². The summed E-state index contributed by atoms with van der Waals surface area (Å²) in [7, 11) is 4.17. The number of hydrogen-bond acceptors (Lipinski definition) is 1. The zero-order valence-corrected chi connectivity index (χ0v) is 12.3. The second-order valence-corrected chi connectivity index (χ2v) is 5.75. The molecule has 0 fully saturated rings. The van der Waals surface area contributed by atoms with Crippen LogP contribution < -0.4 is 4.90 Å². The van der Waals surface area contributed by atoms with E-state index >= 15 is 0 Å². The minimum absolute atomic E-state index is 1.22. The standard InChI is InChI=1S/C20H17N/c1-21(2)16-8-5-7-14-10-11-18-17-9-4-3-6-15(17)12-20(18)19(14)13-16/h3-13H,1-2H3. The summed E-state index contributed by atoms with van der Waals surface area (Å²) in [4.78, 5) is 2.15. The van der Waals surface area contributed by atoms with Crippen LogP contribution in [0.25, 0.3) is 32.3 Å². The average Bonchev–Trinajstić information content (AvgIpc) is 2.71. The quantitative estimate of drug-likeness (QED) is 0.459. The predicted molar refractivity (Wildman–Crippen MR) is 93.3 cm³/mol. The fourth-order valence-electron chi connectivity index (χ4n) is 3.10. The van der Waals surface area contributed by atoms with Gasteiger partial charge in [0.1, 0.15) is 0 Å². The Hall–Kier alpha value is -2.54. The first-order chi connectivity index (χ1) is 10.2. The third-order valence-corrected chi connectivity index (χ3v) is 4.22.